The van der Waals surface area contributed by atoms with Gasteiger partial charge in [0.25, 0.3) is 5.69 Å². The van der Waals surface area contributed by atoms with Crippen LogP contribution in [-0.2, 0) is 11.2 Å². The Morgan fingerprint density at radius 2 is 2.20 bits per heavy atom. The van der Waals surface area contributed by atoms with E-state index in [-0.39, 0.29) is 18.0 Å². The molecule has 1 aliphatic rings. The number of nitro groups is 1. The molecule has 1 aromatic rings. The Hall–Kier alpha value is -1.62. The third kappa shape index (κ3) is 1.35. The molecule has 0 N–H and O–H groups in total. The Morgan fingerprint density at radius 1 is 1.53 bits per heavy atom. The van der Waals surface area contributed by atoms with E-state index in [1.807, 2.05) is 0 Å². The number of hydrogen-bond donors (Lipinski definition) is 0. The number of amides is 1. The summed E-state index contributed by atoms with van der Waals surface area (Å²) in [7, 11) is 1.56. The van der Waals surface area contributed by atoms with Gasteiger partial charge in [0.15, 0.2) is 0 Å². The topological polar surface area (TPSA) is 63.5 Å². The number of benzene rings is 1. The van der Waals surface area contributed by atoms with Crippen molar-refractivity contribution in [2.45, 2.75) is 6.42 Å². The lowest BCUT2D eigenvalue weighted by molar-refractivity contribution is -0.385. The van der Waals surface area contributed by atoms with Crippen molar-refractivity contribution in [1.29, 1.82) is 0 Å². The van der Waals surface area contributed by atoms with Crippen molar-refractivity contribution in [3.63, 3.8) is 0 Å². The van der Waals surface area contributed by atoms with E-state index >= 15 is 0 Å². The molecule has 0 fully saturated rings. The molecular formula is C9H7ClN2O3. The summed E-state index contributed by atoms with van der Waals surface area (Å²) in [5.41, 5.74) is 0.808. The number of carbonyl (C=O) groups excluding carboxylic acids is 1. The number of anilines is 1. The lowest BCUT2D eigenvalue weighted by Crippen LogP contribution is -2.20. The molecule has 1 amide bonds. The number of fused-ring (bicyclic) bond motifs is 1. The first-order chi connectivity index (χ1) is 7.02. The van der Waals surface area contributed by atoms with E-state index < -0.39 is 4.92 Å². The first kappa shape index (κ1) is 9.92. The largest absolute Gasteiger partial charge is 0.313 e. The van der Waals surface area contributed by atoms with Gasteiger partial charge in [0.1, 0.15) is 0 Å². The molecule has 6 heteroatoms. The lowest BCUT2D eigenvalue weighted by Gasteiger charge is -2.11. The average molecular weight is 227 g/mol. The molecule has 15 heavy (non-hydrogen) atoms. The molecule has 1 heterocycles. The summed E-state index contributed by atoms with van der Waals surface area (Å²) in [5.74, 6) is -0.179. The maximum atomic E-state index is 11.4. The van der Waals surface area contributed by atoms with Crippen molar-refractivity contribution >= 4 is 28.9 Å². The summed E-state index contributed by atoms with van der Waals surface area (Å²) in [5, 5.41) is 11.1. The smallest absolute Gasteiger partial charge is 0.275 e. The highest BCUT2D eigenvalue weighted by Crippen LogP contribution is 2.40. The maximum absolute atomic E-state index is 11.4. The first-order valence-corrected chi connectivity index (χ1v) is 4.62. The second-order valence-electron chi connectivity index (χ2n) is 3.28. The van der Waals surface area contributed by atoms with Gasteiger partial charge in [-0.1, -0.05) is 11.6 Å². The molecule has 0 bridgehead atoms. The lowest BCUT2D eigenvalue weighted by atomic mass is 10.1. The third-order valence-electron chi connectivity index (χ3n) is 2.44. The van der Waals surface area contributed by atoms with Gasteiger partial charge in [-0.2, -0.15) is 0 Å². The van der Waals surface area contributed by atoms with Gasteiger partial charge in [0.05, 0.1) is 27.6 Å². The van der Waals surface area contributed by atoms with E-state index in [0.717, 1.165) is 0 Å². The van der Waals surface area contributed by atoms with E-state index in [1.165, 1.54) is 17.0 Å². The van der Waals surface area contributed by atoms with Gasteiger partial charge in [0, 0.05) is 13.1 Å². The summed E-state index contributed by atoms with van der Waals surface area (Å²) in [4.78, 5) is 23.0. The number of nitrogens with zero attached hydrogens (tertiary/aromatic N) is 2. The number of hydrogen-bond acceptors (Lipinski definition) is 3. The zero-order valence-electron chi connectivity index (χ0n) is 7.86. The number of rotatable bonds is 1. The number of likely N-dealkylation sites (N-methyl/N-ethyl adjacent to an activating group) is 1. The summed E-state index contributed by atoms with van der Waals surface area (Å²) >= 11 is 5.89. The predicted molar refractivity (Wildman–Crippen MR) is 55.2 cm³/mol. The molecule has 78 valence electrons. The minimum atomic E-state index is -0.498. The van der Waals surface area contributed by atoms with Crippen molar-refractivity contribution < 1.29 is 9.72 Å². The van der Waals surface area contributed by atoms with E-state index in [4.69, 9.17) is 11.6 Å². The molecular weight excluding hydrogens is 220 g/mol. The fourth-order valence-corrected chi connectivity index (χ4v) is 2.00. The van der Waals surface area contributed by atoms with Crippen LogP contribution < -0.4 is 4.90 Å². The van der Waals surface area contributed by atoms with Gasteiger partial charge in [-0.05, 0) is 6.07 Å². The summed E-state index contributed by atoms with van der Waals surface area (Å²) in [6.07, 6.45) is 0.0444. The van der Waals surface area contributed by atoms with Gasteiger partial charge in [0.2, 0.25) is 5.91 Å². The molecule has 0 saturated heterocycles. The quantitative estimate of drug-likeness (QED) is 0.542. The minimum absolute atomic E-state index is 0.0444. The van der Waals surface area contributed by atoms with Crippen LogP contribution in [0.2, 0.25) is 5.02 Å². The van der Waals surface area contributed by atoms with Gasteiger partial charge in [-0.3, -0.25) is 14.9 Å². The second-order valence-corrected chi connectivity index (χ2v) is 3.69. The molecule has 0 unspecified atom stereocenters. The van der Waals surface area contributed by atoms with Crippen molar-refractivity contribution in [2.24, 2.45) is 0 Å². The predicted octanol–water partition coefficient (Wildman–Crippen LogP) is 1.77. The van der Waals surface area contributed by atoms with E-state index in [0.29, 0.717) is 16.3 Å². The van der Waals surface area contributed by atoms with Crippen LogP contribution in [-0.4, -0.2) is 17.9 Å². The van der Waals surface area contributed by atoms with Crippen LogP contribution in [0.4, 0.5) is 11.4 Å². The van der Waals surface area contributed by atoms with Crippen LogP contribution in [0.5, 0.6) is 0 Å². The van der Waals surface area contributed by atoms with Gasteiger partial charge >= 0.3 is 0 Å². The Labute approximate surface area is 90.4 Å². The monoisotopic (exact) mass is 226 g/mol. The van der Waals surface area contributed by atoms with E-state index in [2.05, 4.69) is 0 Å². The molecule has 0 saturated carbocycles. The van der Waals surface area contributed by atoms with Crippen molar-refractivity contribution in [3.8, 4) is 0 Å². The Balaban J connectivity index is 2.69. The van der Waals surface area contributed by atoms with Crippen LogP contribution in [0, 0.1) is 10.1 Å². The van der Waals surface area contributed by atoms with Crippen LogP contribution in [0.1, 0.15) is 5.56 Å². The number of halogens is 1. The number of nitro benzene ring substituents is 1. The van der Waals surface area contributed by atoms with Crippen LogP contribution in [0.25, 0.3) is 0 Å². The first-order valence-electron chi connectivity index (χ1n) is 4.24. The molecule has 0 atom stereocenters. The van der Waals surface area contributed by atoms with Crippen LogP contribution in [0.3, 0.4) is 0 Å². The molecule has 0 spiro atoms. The molecule has 5 nitrogen and oxygen atoms in total. The zero-order chi connectivity index (χ0) is 11.2. The van der Waals surface area contributed by atoms with Crippen molar-refractivity contribution in [1.82, 2.24) is 0 Å². The normalized spacial score (nSPS) is 14.3. The molecule has 0 radical (unpaired) electrons. The molecule has 2 rings (SSSR count). The molecule has 0 aromatic heterocycles. The highest BCUT2D eigenvalue weighted by atomic mass is 35.5. The fourth-order valence-electron chi connectivity index (χ4n) is 1.70. The van der Waals surface area contributed by atoms with Gasteiger partial charge in [-0.25, -0.2) is 0 Å². The SMILES string of the molecule is CN1C(=O)Cc2c([N+](=O)[O-])ccc(Cl)c21. The van der Waals surface area contributed by atoms with Gasteiger partial charge < -0.3 is 4.90 Å². The highest BCUT2D eigenvalue weighted by molar-refractivity contribution is 6.34. The van der Waals surface area contributed by atoms with E-state index in [1.54, 1.807) is 7.05 Å². The van der Waals surface area contributed by atoms with Crippen molar-refractivity contribution in [2.75, 3.05) is 11.9 Å². The summed E-state index contributed by atoms with van der Waals surface area (Å²) in [6.45, 7) is 0. The van der Waals surface area contributed by atoms with Crippen LogP contribution >= 0.6 is 11.6 Å². The fraction of sp³-hybridized carbons (Fsp3) is 0.222. The average Bonchev–Trinajstić information content (AvgIpc) is 2.44. The molecule has 1 aliphatic heterocycles. The Morgan fingerprint density at radius 3 is 2.80 bits per heavy atom. The molecule has 1 aromatic carbocycles. The summed E-state index contributed by atoms with van der Waals surface area (Å²) < 4.78 is 0. The standard InChI is InChI=1S/C9H7ClN2O3/c1-11-8(13)4-5-7(12(14)15)3-2-6(10)9(5)11/h2-3H,4H2,1H3. The summed E-state index contributed by atoms with van der Waals surface area (Å²) in [6, 6.07) is 2.77. The maximum Gasteiger partial charge on any atom is 0.275 e. The third-order valence-corrected chi connectivity index (χ3v) is 2.75. The van der Waals surface area contributed by atoms with Crippen LogP contribution in [0.15, 0.2) is 12.1 Å². The Kier molecular flexibility index (Phi) is 2.12. The van der Waals surface area contributed by atoms with Gasteiger partial charge in [-0.15, -0.1) is 0 Å². The Bertz CT molecular complexity index is 473. The number of carbonyl (C=O) groups is 1. The van der Waals surface area contributed by atoms with Crippen molar-refractivity contribution in [3.05, 3.63) is 32.8 Å². The molecule has 0 aliphatic carbocycles. The zero-order valence-corrected chi connectivity index (χ0v) is 8.61. The minimum Gasteiger partial charge on any atom is -0.313 e. The highest BCUT2D eigenvalue weighted by Gasteiger charge is 2.32. The second kappa shape index (κ2) is 3.20. The van der Waals surface area contributed by atoms with E-state index in [9.17, 15) is 14.9 Å².